The number of allylic oxidation sites excluding steroid dienone is 3. The van der Waals surface area contributed by atoms with Crippen LogP contribution in [0.3, 0.4) is 0 Å². The third kappa shape index (κ3) is 6.10. The molecule has 1 aliphatic rings. The Morgan fingerprint density at radius 2 is 1.87 bits per heavy atom. The highest BCUT2D eigenvalue weighted by atomic mass is 35.5. The normalized spacial score (nSPS) is 14.8. The van der Waals surface area contributed by atoms with Gasteiger partial charge in [0.2, 0.25) is 5.91 Å². The second-order valence-corrected chi connectivity index (χ2v) is 8.80. The summed E-state index contributed by atoms with van der Waals surface area (Å²) >= 11 is 6.14. The number of benzene rings is 2. The van der Waals surface area contributed by atoms with Crippen molar-refractivity contribution in [1.82, 2.24) is 0 Å². The molecule has 2 aromatic rings. The molecule has 9 heteroatoms. The van der Waals surface area contributed by atoms with Gasteiger partial charge in [-0.1, -0.05) is 42.0 Å². The van der Waals surface area contributed by atoms with Gasteiger partial charge < -0.3 is 15.0 Å². The first-order valence-electron chi connectivity index (χ1n) is 9.75. The minimum Gasteiger partial charge on any atom is -0.378 e. The van der Waals surface area contributed by atoms with E-state index in [-0.39, 0.29) is 21.5 Å². The molecule has 0 radical (unpaired) electrons. The van der Waals surface area contributed by atoms with Gasteiger partial charge in [0.05, 0.1) is 29.6 Å². The van der Waals surface area contributed by atoms with Crippen LogP contribution in [0.2, 0.25) is 5.02 Å². The van der Waals surface area contributed by atoms with Crippen LogP contribution in [0.1, 0.15) is 6.92 Å². The zero-order chi connectivity index (χ0) is 22.3. The van der Waals surface area contributed by atoms with E-state index in [1.807, 2.05) is 11.8 Å². The third-order valence-electron chi connectivity index (χ3n) is 4.54. The molecule has 1 fully saturated rings. The van der Waals surface area contributed by atoms with Gasteiger partial charge in [-0.15, -0.1) is 0 Å². The number of anilines is 3. The van der Waals surface area contributed by atoms with Crippen molar-refractivity contribution in [3.63, 3.8) is 0 Å². The maximum absolute atomic E-state index is 13.3. The molecule has 0 aromatic heterocycles. The van der Waals surface area contributed by atoms with Crippen molar-refractivity contribution in [2.75, 3.05) is 41.2 Å². The number of hydrogen-bond acceptors (Lipinski definition) is 5. The Bertz CT molecular complexity index is 1090. The first-order chi connectivity index (χ1) is 14.9. The van der Waals surface area contributed by atoms with Gasteiger partial charge in [0.25, 0.3) is 10.0 Å². The Morgan fingerprint density at radius 1 is 1.13 bits per heavy atom. The number of halogens is 1. The standard InChI is InChI=1S/C22H24ClN3O4S/c1-2-3-4-9-22(27)24-17-10-11-20(26-12-14-30-15-13-26)21(16-17)31(28,29)25-19-8-6-5-7-18(19)23/h2-11,16,25H,12-15H2,1H3,(H,24,27). The SMILES string of the molecule is CC=CC=CC(=O)Nc1ccc(N2CCOCC2)c(S(=O)(=O)Nc2ccccc2Cl)c1. The van der Waals surface area contributed by atoms with Crippen LogP contribution in [0.5, 0.6) is 0 Å². The lowest BCUT2D eigenvalue weighted by Gasteiger charge is -2.30. The Labute approximate surface area is 187 Å². The monoisotopic (exact) mass is 461 g/mol. The van der Waals surface area contributed by atoms with Gasteiger partial charge in [0, 0.05) is 24.9 Å². The van der Waals surface area contributed by atoms with Gasteiger partial charge in [-0.2, -0.15) is 0 Å². The van der Waals surface area contributed by atoms with E-state index in [4.69, 9.17) is 16.3 Å². The van der Waals surface area contributed by atoms with Crippen LogP contribution in [0, 0.1) is 0 Å². The fourth-order valence-electron chi connectivity index (χ4n) is 3.05. The molecule has 0 unspecified atom stereocenters. The number of amides is 1. The molecular weight excluding hydrogens is 438 g/mol. The predicted molar refractivity (Wildman–Crippen MR) is 124 cm³/mol. The van der Waals surface area contributed by atoms with Crippen LogP contribution in [0.15, 0.2) is 71.7 Å². The minimum atomic E-state index is -3.99. The van der Waals surface area contributed by atoms with Crippen LogP contribution in [-0.4, -0.2) is 40.6 Å². The maximum Gasteiger partial charge on any atom is 0.264 e. The van der Waals surface area contributed by atoms with Gasteiger partial charge in [0.1, 0.15) is 4.90 Å². The second kappa shape index (κ2) is 10.5. The van der Waals surface area contributed by atoms with E-state index in [2.05, 4.69) is 10.0 Å². The molecule has 2 N–H and O–H groups in total. The number of carbonyl (C=O) groups is 1. The van der Waals surface area contributed by atoms with E-state index in [0.717, 1.165) is 0 Å². The molecule has 7 nitrogen and oxygen atoms in total. The van der Waals surface area contributed by atoms with Crippen molar-refractivity contribution in [3.05, 3.63) is 71.8 Å². The Morgan fingerprint density at radius 3 is 2.58 bits per heavy atom. The Hall–Kier alpha value is -2.81. The van der Waals surface area contributed by atoms with Crippen LogP contribution in [0.4, 0.5) is 17.1 Å². The number of morpholine rings is 1. The molecule has 31 heavy (non-hydrogen) atoms. The fraction of sp³-hybridized carbons (Fsp3) is 0.227. The first kappa shape index (κ1) is 22.9. The van der Waals surface area contributed by atoms with Crippen molar-refractivity contribution in [2.45, 2.75) is 11.8 Å². The summed E-state index contributed by atoms with van der Waals surface area (Å²) in [5.41, 5.74) is 1.18. The van der Waals surface area contributed by atoms with Crippen LogP contribution < -0.4 is 14.9 Å². The minimum absolute atomic E-state index is 0.0459. The second-order valence-electron chi connectivity index (χ2n) is 6.74. The fourth-order valence-corrected chi connectivity index (χ4v) is 4.63. The summed E-state index contributed by atoms with van der Waals surface area (Å²) in [5, 5.41) is 2.99. The number of para-hydroxylation sites is 1. The van der Waals surface area contributed by atoms with Crippen molar-refractivity contribution >= 4 is 44.6 Å². The zero-order valence-corrected chi connectivity index (χ0v) is 18.6. The van der Waals surface area contributed by atoms with Crippen LogP contribution >= 0.6 is 11.6 Å². The molecule has 3 rings (SSSR count). The Kier molecular flexibility index (Phi) is 7.73. The van der Waals surface area contributed by atoms with E-state index < -0.39 is 10.0 Å². The molecule has 1 saturated heterocycles. The molecule has 0 saturated carbocycles. The van der Waals surface area contributed by atoms with Gasteiger partial charge in [0.15, 0.2) is 0 Å². The summed E-state index contributed by atoms with van der Waals surface area (Å²) < 4.78 is 34.5. The van der Waals surface area contributed by atoms with Crippen molar-refractivity contribution in [2.24, 2.45) is 0 Å². The number of ether oxygens (including phenoxy) is 1. The number of hydrogen-bond donors (Lipinski definition) is 2. The summed E-state index contributed by atoms with van der Waals surface area (Å²) in [4.78, 5) is 14.1. The van der Waals surface area contributed by atoms with Gasteiger partial charge in [-0.05, 0) is 37.3 Å². The van der Waals surface area contributed by atoms with E-state index in [1.165, 1.54) is 12.1 Å². The van der Waals surface area contributed by atoms with Crippen molar-refractivity contribution < 1.29 is 17.9 Å². The van der Waals surface area contributed by atoms with Gasteiger partial charge in [-0.3, -0.25) is 9.52 Å². The number of rotatable bonds is 7. The lowest BCUT2D eigenvalue weighted by Crippen LogP contribution is -2.37. The van der Waals surface area contributed by atoms with Crippen LogP contribution in [0.25, 0.3) is 0 Å². The van der Waals surface area contributed by atoms with E-state index in [0.29, 0.717) is 37.7 Å². The largest absolute Gasteiger partial charge is 0.378 e. The quantitative estimate of drug-likeness (QED) is 0.479. The third-order valence-corrected chi connectivity index (χ3v) is 6.26. The number of carbonyl (C=O) groups excluding carboxylic acids is 1. The molecule has 1 amide bonds. The summed E-state index contributed by atoms with van der Waals surface area (Å²) in [6.45, 7) is 3.98. The van der Waals surface area contributed by atoms with E-state index >= 15 is 0 Å². The number of sulfonamides is 1. The number of nitrogens with one attached hydrogen (secondary N) is 2. The molecule has 0 atom stereocenters. The van der Waals surface area contributed by atoms with Gasteiger partial charge >= 0.3 is 0 Å². The topological polar surface area (TPSA) is 87.7 Å². The van der Waals surface area contributed by atoms with Crippen molar-refractivity contribution in [1.29, 1.82) is 0 Å². The average molecular weight is 462 g/mol. The molecule has 164 valence electrons. The first-order valence-corrected chi connectivity index (χ1v) is 11.6. The molecule has 0 spiro atoms. The summed E-state index contributed by atoms with van der Waals surface area (Å²) in [5.74, 6) is -0.361. The molecular formula is C22H24ClN3O4S. The summed E-state index contributed by atoms with van der Waals surface area (Å²) in [6.07, 6.45) is 6.50. The average Bonchev–Trinajstić information content (AvgIpc) is 2.76. The molecule has 1 aliphatic heterocycles. The number of nitrogens with zero attached hydrogens (tertiary/aromatic N) is 1. The summed E-state index contributed by atoms with van der Waals surface area (Å²) in [7, 11) is -3.99. The zero-order valence-electron chi connectivity index (χ0n) is 17.0. The van der Waals surface area contributed by atoms with Crippen LogP contribution in [-0.2, 0) is 19.6 Å². The van der Waals surface area contributed by atoms with Gasteiger partial charge in [-0.25, -0.2) is 8.42 Å². The van der Waals surface area contributed by atoms with Crippen molar-refractivity contribution in [3.8, 4) is 0 Å². The molecule has 1 heterocycles. The molecule has 0 bridgehead atoms. The van der Waals surface area contributed by atoms with E-state index in [1.54, 1.807) is 54.6 Å². The highest BCUT2D eigenvalue weighted by molar-refractivity contribution is 7.93. The van der Waals surface area contributed by atoms with E-state index in [9.17, 15) is 13.2 Å². The lowest BCUT2D eigenvalue weighted by atomic mass is 10.2. The Balaban J connectivity index is 1.97. The highest BCUT2D eigenvalue weighted by Gasteiger charge is 2.25. The highest BCUT2D eigenvalue weighted by Crippen LogP contribution is 2.32. The smallest absolute Gasteiger partial charge is 0.264 e. The lowest BCUT2D eigenvalue weighted by molar-refractivity contribution is -0.111. The predicted octanol–water partition coefficient (Wildman–Crippen LogP) is 4.05. The maximum atomic E-state index is 13.3. The summed E-state index contributed by atoms with van der Waals surface area (Å²) in [6, 6.07) is 11.4. The molecule has 0 aliphatic carbocycles. The molecule has 2 aromatic carbocycles.